The standard InChI is InChI=1S/C11H14O3/c1-14-11-8-3-2-7(6-8)10(11,13)5-4-9(11)12/h2-3,7-8,13H,4-6H2,1H3/t7-,8+,10+,11+/m0/s1. The van der Waals surface area contributed by atoms with E-state index in [0.717, 1.165) is 6.42 Å². The van der Waals surface area contributed by atoms with Crippen molar-refractivity contribution in [1.29, 1.82) is 0 Å². The van der Waals surface area contributed by atoms with Crippen molar-refractivity contribution in [3.05, 3.63) is 12.2 Å². The molecule has 2 fully saturated rings. The van der Waals surface area contributed by atoms with Gasteiger partial charge in [0.05, 0.1) is 0 Å². The summed E-state index contributed by atoms with van der Waals surface area (Å²) in [6.07, 6.45) is 5.96. The number of hydrogen-bond acceptors (Lipinski definition) is 3. The minimum Gasteiger partial charge on any atom is -0.386 e. The van der Waals surface area contributed by atoms with Crippen LogP contribution in [-0.2, 0) is 9.53 Å². The molecule has 3 nitrogen and oxygen atoms in total. The summed E-state index contributed by atoms with van der Waals surface area (Å²) in [5, 5.41) is 10.5. The molecular formula is C11H14O3. The van der Waals surface area contributed by atoms with E-state index in [-0.39, 0.29) is 17.6 Å². The SMILES string of the molecule is CO[C@]12C(=O)CC[C@@]1(O)[C@H]1C=C[C@@H]2C1. The quantitative estimate of drug-likeness (QED) is 0.624. The van der Waals surface area contributed by atoms with Crippen molar-refractivity contribution < 1.29 is 14.6 Å². The van der Waals surface area contributed by atoms with Crippen LogP contribution in [0.3, 0.4) is 0 Å². The predicted octanol–water partition coefficient (Wildman–Crippen LogP) is 0.671. The van der Waals surface area contributed by atoms with Crippen molar-refractivity contribution in [3.8, 4) is 0 Å². The number of hydrogen-bond donors (Lipinski definition) is 1. The molecule has 0 aromatic rings. The highest BCUT2D eigenvalue weighted by atomic mass is 16.5. The largest absolute Gasteiger partial charge is 0.386 e. The number of Topliss-reactive ketones (excluding diaryl/α,β-unsaturated/α-hetero) is 1. The minimum atomic E-state index is -0.918. The third-order valence-corrected chi connectivity index (χ3v) is 4.33. The number of rotatable bonds is 1. The Kier molecular flexibility index (Phi) is 1.41. The van der Waals surface area contributed by atoms with Gasteiger partial charge in [-0.05, 0) is 12.8 Å². The van der Waals surface area contributed by atoms with Crippen LogP contribution in [0.1, 0.15) is 19.3 Å². The lowest BCUT2D eigenvalue weighted by Gasteiger charge is -2.40. The van der Waals surface area contributed by atoms with E-state index in [1.165, 1.54) is 0 Å². The van der Waals surface area contributed by atoms with Crippen molar-refractivity contribution >= 4 is 5.78 Å². The van der Waals surface area contributed by atoms with Gasteiger partial charge in [-0.15, -0.1) is 0 Å². The summed E-state index contributed by atoms with van der Waals surface area (Å²) in [5.74, 6) is 0.302. The van der Waals surface area contributed by atoms with E-state index in [4.69, 9.17) is 4.74 Å². The summed E-state index contributed by atoms with van der Waals surface area (Å²) in [6.45, 7) is 0. The zero-order valence-corrected chi connectivity index (χ0v) is 8.19. The second-order valence-electron chi connectivity index (χ2n) is 4.62. The van der Waals surface area contributed by atoms with E-state index < -0.39 is 11.2 Å². The average molecular weight is 194 g/mol. The Morgan fingerprint density at radius 2 is 2.21 bits per heavy atom. The lowest BCUT2D eigenvalue weighted by Crippen LogP contribution is -2.57. The highest BCUT2D eigenvalue weighted by molar-refractivity contribution is 5.93. The molecule has 0 unspecified atom stereocenters. The Labute approximate surface area is 82.8 Å². The normalized spacial score (nSPS) is 54.3. The summed E-state index contributed by atoms with van der Waals surface area (Å²) < 4.78 is 5.42. The number of carbonyl (C=O) groups is 1. The summed E-state index contributed by atoms with van der Waals surface area (Å²) >= 11 is 0. The fraction of sp³-hybridized carbons (Fsp3) is 0.727. The molecule has 3 aliphatic rings. The van der Waals surface area contributed by atoms with E-state index in [2.05, 4.69) is 0 Å². The second-order valence-corrected chi connectivity index (χ2v) is 4.62. The van der Waals surface area contributed by atoms with Crippen molar-refractivity contribution in [2.24, 2.45) is 11.8 Å². The maximum absolute atomic E-state index is 11.9. The van der Waals surface area contributed by atoms with Gasteiger partial charge in [-0.25, -0.2) is 0 Å². The van der Waals surface area contributed by atoms with E-state index in [1.807, 2.05) is 12.2 Å². The van der Waals surface area contributed by atoms with Gasteiger partial charge >= 0.3 is 0 Å². The molecule has 1 N–H and O–H groups in total. The van der Waals surface area contributed by atoms with Gasteiger partial charge in [-0.3, -0.25) is 4.79 Å². The molecule has 0 aromatic carbocycles. The fourth-order valence-corrected chi connectivity index (χ4v) is 3.70. The van der Waals surface area contributed by atoms with Gasteiger partial charge in [0.25, 0.3) is 0 Å². The Hall–Kier alpha value is -0.670. The van der Waals surface area contributed by atoms with Crippen LogP contribution in [0.25, 0.3) is 0 Å². The maximum Gasteiger partial charge on any atom is 0.168 e. The molecule has 14 heavy (non-hydrogen) atoms. The molecule has 0 aliphatic heterocycles. The molecule has 3 rings (SSSR count). The van der Waals surface area contributed by atoms with E-state index in [1.54, 1.807) is 7.11 Å². The first-order valence-corrected chi connectivity index (χ1v) is 5.14. The Bertz CT molecular complexity index is 335. The second kappa shape index (κ2) is 2.28. The highest BCUT2D eigenvalue weighted by Gasteiger charge is 2.72. The van der Waals surface area contributed by atoms with E-state index in [0.29, 0.717) is 12.8 Å². The average Bonchev–Trinajstić information content (AvgIpc) is 2.78. The van der Waals surface area contributed by atoms with Gasteiger partial charge < -0.3 is 9.84 Å². The topological polar surface area (TPSA) is 46.5 Å². The number of carbonyl (C=O) groups excluding carboxylic acids is 1. The predicted molar refractivity (Wildman–Crippen MR) is 49.7 cm³/mol. The van der Waals surface area contributed by atoms with Crippen LogP contribution in [0.15, 0.2) is 12.2 Å². The Morgan fingerprint density at radius 1 is 1.50 bits per heavy atom. The monoisotopic (exact) mass is 194 g/mol. The number of ether oxygens (including phenoxy) is 1. The molecule has 4 atom stereocenters. The fourth-order valence-electron chi connectivity index (χ4n) is 3.70. The van der Waals surface area contributed by atoms with Crippen molar-refractivity contribution in [2.75, 3.05) is 7.11 Å². The lowest BCUT2D eigenvalue weighted by atomic mass is 9.77. The van der Waals surface area contributed by atoms with Gasteiger partial charge in [0, 0.05) is 25.4 Å². The van der Waals surface area contributed by atoms with E-state index >= 15 is 0 Å². The molecule has 0 saturated heterocycles. The summed E-state index contributed by atoms with van der Waals surface area (Å²) in [6, 6.07) is 0. The number of methoxy groups -OCH3 is 1. The van der Waals surface area contributed by atoms with Gasteiger partial charge in [-0.2, -0.15) is 0 Å². The summed E-state index contributed by atoms with van der Waals surface area (Å²) in [4.78, 5) is 11.9. The van der Waals surface area contributed by atoms with Crippen molar-refractivity contribution in [1.82, 2.24) is 0 Å². The van der Waals surface area contributed by atoms with Crippen LogP contribution in [0, 0.1) is 11.8 Å². The number of fused-ring (bicyclic) bond motifs is 5. The molecule has 76 valence electrons. The van der Waals surface area contributed by atoms with E-state index in [9.17, 15) is 9.90 Å². The van der Waals surface area contributed by atoms with Gasteiger partial charge in [0.2, 0.25) is 0 Å². The molecule has 0 aromatic heterocycles. The van der Waals surface area contributed by atoms with Crippen LogP contribution < -0.4 is 0 Å². The van der Waals surface area contributed by atoms with Crippen LogP contribution >= 0.6 is 0 Å². The van der Waals surface area contributed by atoms with Gasteiger partial charge in [0.1, 0.15) is 5.60 Å². The summed E-state index contributed by atoms with van der Waals surface area (Å²) in [5.41, 5.74) is -1.83. The molecule has 3 heteroatoms. The van der Waals surface area contributed by atoms with Crippen molar-refractivity contribution in [3.63, 3.8) is 0 Å². The molecule has 0 amide bonds. The molecule has 2 bridgehead atoms. The van der Waals surface area contributed by atoms with Crippen molar-refractivity contribution in [2.45, 2.75) is 30.5 Å². The first-order chi connectivity index (χ1) is 6.65. The van der Waals surface area contributed by atoms with Crippen LogP contribution in [0.4, 0.5) is 0 Å². The zero-order valence-electron chi connectivity index (χ0n) is 8.19. The molecule has 0 heterocycles. The number of ketones is 1. The first kappa shape index (κ1) is 8.62. The molecule has 0 spiro atoms. The van der Waals surface area contributed by atoms with Crippen LogP contribution in [0.2, 0.25) is 0 Å². The Balaban J connectivity index is 2.19. The highest BCUT2D eigenvalue weighted by Crippen LogP contribution is 2.60. The molecule has 0 radical (unpaired) electrons. The minimum absolute atomic E-state index is 0.0827. The third kappa shape index (κ3) is 0.615. The molecule has 3 aliphatic carbocycles. The Morgan fingerprint density at radius 3 is 2.86 bits per heavy atom. The molecule has 2 saturated carbocycles. The first-order valence-electron chi connectivity index (χ1n) is 5.14. The lowest BCUT2D eigenvalue weighted by molar-refractivity contribution is -0.171. The maximum atomic E-state index is 11.9. The zero-order chi connectivity index (χ0) is 9.97. The number of aliphatic hydroxyl groups is 1. The van der Waals surface area contributed by atoms with Crippen LogP contribution in [0.5, 0.6) is 0 Å². The third-order valence-electron chi connectivity index (χ3n) is 4.33. The van der Waals surface area contributed by atoms with Crippen LogP contribution in [-0.4, -0.2) is 29.2 Å². The van der Waals surface area contributed by atoms with Gasteiger partial charge in [0.15, 0.2) is 11.4 Å². The van der Waals surface area contributed by atoms with Gasteiger partial charge in [-0.1, -0.05) is 12.2 Å². The summed E-state index contributed by atoms with van der Waals surface area (Å²) in [7, 11) is 1.54. The molecular weight excluding hydrogens is 180 g/mol. The smallest absolute Gasteiger partial charge is 0.168 e.